The minimum absolute atomic E-state index is 0.0155. The normalized spacial score (nSPS) is 23.0. The minimum atomic E-state index is -0.627. The molecule has 0 bridgehead atoms. The third-order valence-electron chi connectivity index (χ3n) is 8.41. The molecular weight excluding hydrogens is 560 g/mol. The molecule has 12 heteroatoms. The van der Waals surface area contributed by atoms with Crippen LogP contribution in [-0.2, 0) is 27.4 Å². The van der Waals surface area contributed by atoms with Crippen molar-refractivity contribution in [3.8, 4) is 5.75 Å². The van der Waals surface area contributed by atoms with Crippen LogP contribution < -0.4 is 15.0 Å². The molecule has 0 spiro atoms. The Hall–Kier alpha value is -3.80. The molecule has 0 aliphatic carbocycles. The number of rotatable bonds is 6. The predicted octanol–water partition coefficient (Wildman–Crippen LogP) is 2.53. The number of carbonyl (C=O) groups excluding carboxylic acids is 3. The molecule has 1 N–H and O–H groups in total. The summed E-state index contributed by atoms with van der Waals surface area (Å²) in [5.74, 6) is 0.500. The van der Waals surface area contributed by atoms with Crippen LogP contribution in [0.25, 0.3) is 10.9 Å². The van der Waals surface area contributed by atoms with Crippen molar-refractivity contribution >= 4 is 46.2 Å². The first-order valence-electron chi connectivity index (χ1n) is 14.4. The highest BCUT2D eigenvalue weighted by molar-refractivity contribution is 6.35. The molecule has 2 aromatic carbocycles. The lowest BCUT2D eigenvalue weighted by molar-refractivity contribution is -0.136. The first-order valence-corrected chi connectivity index (χ1v) is 14.7. The number of benzene rings is 2. The van der Waals surface area contributed by atoms with Gasteiger partial charge in [-0.2, -0.15) is 0 Å². The van der Waals surface area contributed by atoms with Crippen molar-refractivity contribution in [1.29, 1.82) is 0 Å². The lowest BCUT2D eigenvalue weighted by Gasteiger charge is -2.29. The number of nitrogens with zero attached hydrogens (tertiary/aromatic N) is 5. The average molecular weight is 591 g/mol. The second kappa shape index (κ2) is 11.1. The van der Waals surface area contributed by atoms with Crippen LogP contribution >= 0.6 is 11.6 Å². The maximum Gasteiger partial charge on any atom is 0.255 e. The van der Waals surface area contributed by atoms with E-state index in [1.165, 1.54) is 0 Å². The number of hydrogen-bond donors (Lipinski definition) is 1. The zero-order chi connectivity index (χ0) is 28.8. The lowest BCUT2D eigenvalue weighted by atomic mass is 10.0. The van der Waals surface area contributed by atoms with Crippen molar-refractivity contribution in [3.05, 3.63) is 58.2 Å². The van der Waals surface area contributed by atoms with Crippen LogP contribution in [-0.4, -0.2) is 89.0 Å². The Bertz CT molecular complexity index is 1580. The molecule has 3 aromatic rings. The first-order chi connectivity index (χ1) is 20.4. The Labute approximate surface area is 247 Å². The molecule has 0 radical (unpaired) electrons. The fraction of sp³-hybridized carbons (Fsp3) is 0.433. The van der Waals surface area contributed by atoms with E-state index in [9.17, 15) is 14.4 Å². The van der Waals surface area contributed by atoms with Crippen LogP contribution in [0.15, 0.2) is 36.5 Å². The summed E-state index contributed by atoms with van der Waals surface area (Å²) in [4.78, 5) is 52.2. The van der Waals surface area contributed by atoms with Gasteiger partial charge in [-0.05, 0) is 54.3 Å². The largest absolute Gasteiger partial charge is 0.489 e. The summed E-state index contributed by atoms with van der Waals surface area (Å²) in [6.07, 6.45) is 3.32. The SMILES string of the molecule is O=C1CCC(N2Cc3cc(OC4CCN(Cc5cc(Cl)c6nc(N7CCOCC7)ncc6c5)C4)ccc3C2=O)C(=O)N1. The van der Waals surface area contributed by atoms with E-state index < -0.39 is 11.9 Å². The molecule has 3 fully saturated rings. The number of fused-ring (bicyclic) bond motifs is 2. The molecular formula is C30H31ClN6O5. The summed E-state index contributed by atoms with van der Waals surface area (Å²) in [5, 5.41) is 3.87. The first kappa shape index (κ1) is 27.1. The molecule has 218 valence electrons. The number of imide groups is 1. The summed E-state index contributed by atoms with van der Waals surface area (Å²) in [6.45, 7) is 5.59. The zero-order valence-electron chi connectivity index (χ0n) is 23.1. The molecule has 4 aliphatic rings. The second-order valence-corrected chi connectivity index (χ2v) is 11.7. The van der Waals surface area contributed by atoms with Gasteiger partial charge in [-0.25, -0.2) is 9.97 Å². The monoisotopic (exact) mass is 590 g/mol. The van der Waals surface area contributed by atoms with Crippen molar-refractivity contribution in [2.24, 2.45) is 0 Å². The molecule has 11 nitrogen and oxygen atoms in total. The van der Waals surface area contributed by atoms with Gasteiger partial charge in [0.05, 0.1) is 23.8 Å². The van der Waals surface area contributed by atoms with Crippen LogP contribution in [0.2, 0.25) is 5.02 Å². The molecule has 2 unspecified atom stereocenters. The van der Waals surface area contributed by atoms with E-state index in [2.05, 4.69) is 26.2 Å². The van der Waals surface area contributed by atoms with Crippen LogP contribution in [0.5, 0.6) is 5.75 Å². The van der Waals surface area contributed by atoms with Gasteiger partial charge in [0.1, 0.15) is 17.9 Å². The van der Waals surface area contributed by atoms with E-state index in [4.69, 9.17) is 26.1 Å². The third-order valence-corrected chi connectivity index (χ3v) is 8.70. The van der Waals surface area contributed by atoms with Crippen LogP contribution in [0, 0.1) is 0 Å². The van der Waals surface area contributed by atoms with Crippen LogP contribution in [0.1, 0.15) is 40.7 Å². The number of anilines is 1. The molecule has 7 rings (SSSR count). The summed E-state index contributed by atoms with van der Waals surface area (Å²) in [6, 6.07) is 8.95. The summed E-state index contributed by atoms with van der Waals surface area (Å²) in [5.41, 5.74) is 3.27. The fourth-order valence-corrected chi connectivity index (χ4v) is 6.56. The van der Waals surface area contributed by atoms with Gasteiger partial charge in [-0.1, -0.05) is 11.6 Å². The fourth-order valence-electron chi connectivity index (χ4n) is 6.27. The van der Waals surface area contributed by atoms with Crippen LogP contribution in [0.3, 0.4) is 0 Å². The summed E-state index contributed by atoms with van der Waals surface area (Å²) >= 11 is 6.68. The van der Waals surface area contributed by atoms with Gasteiger partial charge in [0.25, 0.3) is 5.91 Å². The van der Waals surface area contributed by atoms with Crippen molar-refractivity contribution in [2.75, 3.05) is 44.3 Å². The zero-order valence-corrected chi connectivity index (χ0v) is 23.8. The summed E-state index contributed by atoms with van der Waals surface area (Å²) < 4.78 is 11.8. The number of hydrogen-bond acceptors (Lipinski definition) is 9. The molecule has 1 aromatic heterocycles. The number of piperidine rings is 1. The number of halogens is 1. The van der Waals surface area contributed by atoms with E-state index in [0.29, 0.717) is 48.5 Å². The van der Waals surface area contributed by atoms with Gasteiger partial charge >= 0.3 is 0 Å². The van der Waals surface area contributed by atoms with Crippen molar-refractivity contribution < 1.29 is 23.9 Å². The Morgan fingerprint density at radius 3 is 2.76 bits per heavy atom. The maximum absolute atomic E-state index is 13.0. The minimum Gasteiger partial charge on any atom is -0.489 e. The van der Waals surface area contributed by atoms with Crippen molar-refractivity contribution in [3.63, 3.8) is 0 Å². The van der Waals surface area contributed by atoms with E-state index >= 15 is 0 Å². The number of aromatic nitrogens is 2. The van der Waals surface area contributed by atoms with E-state index in [1.54, 1.807) is 11.0 Å². The Balaban J connectivity index is 0.977. The van der Waals surface area contributed by atoms with E-state index in [0.717, 1.165) is 61.2 Å². The highest BCUT2D eigenvalue weighted by Crippen LogP contribution is 2.32. The Morgan fingerprint density at radius 2 is 1.93 bits per heavy atom. The maximum atomic E-state index is 13.0. The molecule has 3 saturated heterocycles. The number of nitrogens with one attached hydrogen (secondary N) is 1. The van der Waals surface area contributed by atoms with Gasteiger partial charge in [-0.15, -0.1) is 0 Å². The highest BCUT2D eigenvalue weighted by Gasteiger charge is 2.39. The third kappa shape index (κ3) is 5.28. The van der Waals surface area contributed by atoms with Gasteiger partial charge in [0.15, 0.2) is 0 Å². The quantitative estimate of drug-likeness (QED) is 0.432. The number of ether oxygens (including phenoxy) is 2. The van der Waals surface area contributed by atoms with E-state index in [1.807, 2.05) is 24.4 Å². The molecule has 2 atom stereocenters. The second-order valence-electron chi connectivity index (χ2n) is 11.3. The predicted molar refractivity (Wildman–Crippen MR) is 154 cm³/mol. The summed E-state index contributed by atoms with van der Waals surface area (Å²) in [7, 11) is 0. The van der Waals surface area contributed by atoms with Gasteiger partial charge in [-0.3, -0.25) is 24.6 Å². The number of amides is 3. The molecule has 5 heterocycles. The average Bonchev–Trinajstić information content (AvgIpc) is 3.56. The number of morpholine rings is 1. The van der Waals surface area contributed by atoms with Crippen molar-refractivity contribution in [2.45, 2.75) is 44.5 Å². The highest BCUT2D eigenvalue weighted by atomic mass is 35.5. The molecule has 3 amide bonds. The van der Waals surface area contributed by atoms with Gasteiger partial charge in [0.2, 0.25) is 17.8 Å². The Kier molecular flexibility index (Phi) is 7.17. The van der Waals surface area contributed by atoms with Gasteiger partial charge in [0, 0.05) is 62.8 Å². The Morgan fingerprint density at radius 1 is 1.07 bits per heavy atom. The standard InChI is InChI=1S/C30H31ClN6O5/c31-24-12-18(11-19-14-32-30(34-27(19)24)36-7-9-41-10-8-36)15-35-6-5-22(17-35)42-21-1-2-23-20(13-21)16-37(29(23)40)25-3-4-26(38)33-28(25)39/h1-2,11-14,22,25H,3-10,15-17H2,(H,33,38,39). The number of carbonyl (C=O) groups is 3. The molecule has 0 saturated carbocycles. The van der Waals surface area contributed by atoms with E-state index in [-0.39, 0.29) is 24.3 Å². The molecule has 42 heavy (non-hydrogen) atoms. The van der Waals surface area contributed by atoms with Gasteiger partial charge < -0.3 is 19.3 Å². The molecule has 4 aliphatic heterocycles. The van der Waals surface area contributed by atoms with Crippen molar-refractivity contribution in [1.82, 2.24) is 25.1 Å². The topological polar surface area (TPSA) is 117 Å². The smallest absolute Gasteiger partial charge is 0.255 e. The number of likely N-dealkylation sites (tertiary alicyclic amines) is 1. The lowest BCUT2D eigenvalue weighted by Crippen LogP contribution is -2.52. The van der Waals surface area contributed by atoms with Crippen LogP contribution in [0.4, 0.5) is 5.95 Å².